The first kappa shape index (κ1) is 18.5. The molecule has 0 bridgehead atoms. The smallest absolute Gasteiger partial charge is 0.249 e. The minimum absolute atomic E-state index is 0.0186. The van der Waals surface area contributed by atoms with E-state index >= 15 is 0 Å². The predicted molar refractivity (Wildman–Crippen MR) is 98.0 cm³/mol. The lowest BCUT2D eigenvalue weighted by Gasteiger charge is -2.07. The first-order valence-corrected chi connectivity index (χ1v) is 7.90. The van der Waals surface area contributed by atoms with E-state index in [1.165, 1.54) is 24.4 Å². The lowest BCUT2D eigenvalue weighted by Crippen LogP contribution is -2.24. The second-order valence-electron chi connectivity index (χ2n) is 5.52. The number of amides is 2. The van der Waals surface area contributed by atoms with Gasteiger partial charge in [0, 0.05) is 16.3 Å². The molecular formula is C18H18ClN3O3. The van der Waals surface area contributed by atoms with Gasteiger partial charge in [0.1, 0.15) is 12.2 Å². The van der Waals surface area contributed by atoms with E-state index in [0.717, 1.165) is 11.1 Å². The summed E-state index contributed by atoms with van der Waals surface area (Å²) in [5.41, 5.74) is 5.39. The number of halogens is 1. The number of hydrogen-bond donors (Lipinski definition) is 3. The van der Waals surface area contributed by atoms with E-state index in [0.29, 0.717) is 16.3 Å². The van der Waals surface area contributed by atoms with Crippen molar-refractivity contribution in [1.29, 1.82) is 0 Å². The molecule has 2 aromatic carbocycles. The predicted octanol–water partition coefficient (Wildman–Crippen LogP) is 3.14. The summed E-state index contributed by atoms with van der Waals surface area (Å²) in [5, 5.41) is 16.4. The number of carbonyl (C=O) groups is 2. The number of aromatic hydroxyl groups is 1. The van der Waals surface area contributed by atoms with Gasteiger partial charge in [-0.15, -0.1) is 0 Å². The third-order valence-corrected chi connectivity index (χ3v) is 3.73. The molecule has 130 valence electrons. The van der Waals surface area contributed by atoms with Crippen molar-refractivity contribution < 1.29 is 14.7 Å². The fraction of sp³-hybridized carbons (Fsp3) is 0.167. The van der Waals surface area contributed by atoms with Gasteiger partial charge in [0.05, 0.1) is 6.21 Å². The number of rotatable bonds is 5. The molecule has 3 N–H and O–H groups in total. The highest BCUT2D eigenvalue weighted by atomic mass is 35.5. The number of nitrogens with zero attached hydrogens (tertiary/aromatic N) is 1. The Kier molecular flexibility index (Phi) is 6.14. The van der Waals surface area contributed by atoms with E-state index in [4.69, 9.17) is 11.6 Å². The molecule has 0 unspecified atom stereocenters. The van der Waals surface area contributed by atoms with Gasteiger partial charge in [0.15, 0.2) is 0 Å². The fourth-order valence-electron chi connectivity index (χ4n) is 2.01. The van der Waals surface area contributed by atoms with Gasteiger partial charge in [0.25, 0.3) is 0 Å². The zero-order valence-corrected chi connectivity index (χ0v) is 14.6. The molecule has 0 aliphatic carbocycles. The summed E-state index contributed by atoms with van der Waals surface area (Å²) in [7, 11) is 0. The van der Waals surface area contributed by atoms with Gasteiger partial charge in [0.2, 0.25) is 11.8 Å². The van der Waals surface area contributed by atoms with E-state index in [9.17, 15) is 14.7 Å². The molecule has 0 fully saturated rings. The van der Waals surface area contributed by atoms with Crippen molar-refractivity contribution in [3.8, 4) is 5.75 Å². The number of benzene rings is 2. The maximum atomic E-state index is 11.9. The van der Waals surface area contributed by atoms with Gasteiger partial charge in [-0.25, -0.2) is 5.43 Å². The zero-order chi connectivity index (χ0) is 18.4. The summed E-state index contributed by atoms with van der Waals surface area (Å²) in [6, 6.07) is 9.96. The Morgan fingerprint density at radius 3 is 2.60 bits per heavy atom. The van der Waals surface area contributed by atoms with Crippen LogP contribution in [0.2, 0.25) is 5.02 Å². The molecule has 2 amide bonds. The van der Waals surface area contributed by atoms with Gasteiger partial charge in [-0.2, -0.15) is 5.10 Å². The van der Waals surface area contributed by atoms with Crippen molar-refractivity contribution in [1.82, 2.24) is 5.43 Å². The molecule has 0 atom stereocenters. The molecule has 0 heterocycles. The number of carbonyl (C=O) groups excluding carboxylic acids is 2. The molecule has 0 aliphatic heterocycles. The van der Waals surface area contributed by atoms with Crippen molar-refractivity contribution in [3.63, 3.8) is 0 Å². The molecule has 0 saturated carbocycles. The Hall–Kier alpha value is -2.86. The van der Waals surface area contributed by atoms with Crippen molar-refractivity contribution >= 4 is 35.3 Å². The maximum Gasteiger partial charge on any atom is 0.249 e. The zero-order valence-electron chi connectivity index (χ0n) is 13.8. The van der Waals surface area contributed by atoms with Gasteiger partial charge < -0.3 is 10.4 Å². The normalized spacial score (nSPS) is 10.7. The van der Waals surface area contributed by atoms with Crippen LogP contribution in [-0.4, -0.2) is 23.1 Å². The average Bonchev–Trinajstić information content (AvgIpc) is 2.54. The monoisotopic (exact) mass is 359 g/mol. The Balaban J connectivity index is 1.87. The molecule has 0 radical (unpaired) electrons. The number of aryl methyl sites for hydroxylation is 2. The van der Waals surface area contributed by atoms with Crippen LogP contribution in [0, 0.1) is 13.8 Å². The van der Waals surface area contributed by atoms with Crippen molar-refractivity contribution in [3.05, 3.63) is 58.1 Å². The third kappa shape index (κ3) is 5.61. The molecular weight excluding hydrogens is 342 g/mol. The van der Waals surface area contributed by atoms with Crippen LogP contribution in [0.25, 0.3) is 0 Å². The van der Waals surface area contributed by atoms with Crippen LogP contribution in [0.15, 0.2) is 41.5 Å². The SMILES string of the molecule is Cc1ccc(NC(=O)CC(=O)N/N=C/c2cc(Cl)ccc2O)cc1C. The molecule has 0 aliphatic rings. The van der Waals surface area contributed by atoms with Crippen molar-refractivity contribution in [2.45, 2.75) is 20.3 Å². The highest BCUT2D eigenvalue weighted by molar-refractivity contribution is 6.30. The number of hydrogen-bond acceptors (Lipinski definition) is 4. The van der Waals surface area contributed by atoms with Crippen molar-refractivity contribution in [2.75, 3.05) is 5.32 Å². The minimum atomic E-state index is -0.570. The minimum Gasteiger partial charge on any atom is -0.507 e. The average molecular weight is 360 g/mol. The number of phenols is 1. The second kappa shape index (κ2) is 8.30. The highest BCUT2D eigenvalue weighted by Gasteiger charge is 2.09. The molecule has 0 spiro atoms. The summed E-state index contributed by atoms with van der Waals surface area (Å²) in [6.45, 7) is 3.92. The van der Waals surface area contributed by atoms with E-state index in [1.807, 2.05) is 26.0 Å². The Bertz CT molecular complexity index is 834. The third-order valence-electron chi connectivity index (χ3n) is 3.49. The topological polar surface area (TPSA) is 90.8 Å². The van der Waals surface area contributed by atoms with Crippen LogP contribution < -0.4 is 10.7 Å². The largest absolute Gasteiger partial charge is 0.507 e. The van der Waals surface area contributed by atoms with Crippen LogP contribution in [0.1, 0.15) is 23.1 Å². The number of anilines is 1. The van der Waals surface area contributed by atoms with E-state index in [-0.39, 0.29) is 12.2 Å². The summed E-state index contributed by atoms with van der Waals surface area (Å²) < 4.78 is 0. The fourth-order valence-corrected chi connectivity index (χ4v) is 2.19. The van der Waals surface area contributed by atoms with Crippen LogP contribution in [0.4, 0.5) is 5.69 Å². The first-order valence-electron chi connectivity index (χ1n) is 7.52. The molecule has 2 rings (SSSR count). The molecule has 6 nitrogen and oxygen atoms in total. The summed E-state index contributed by atoms with van der Waals surface area (Å²) in [5.74, 6) is -1.03. The maximum absolute atomic E-state index is 11.9. The van der Waals surface area contributed by atoms with Crippen LogP contribution in [0.3, 0.4) is 0 Å². The summed E-state index contributed by atoms with van der Waals surface area (Å²) in [4.78, 5) is 23.6. The lowest BCUT2D eigenvalue weighted by atomic mass is 10.1. The van der Waals surface area contributed by atoms with E-state index in [2.05, 4.69) is 15.8 Å². The Labute approximate surface area is 150 Å². The molecule has 7 heteroatoms. The highest BCUT2D eigenvalue weighted by Crippen LogP contribution is 2.19. The van der Waals surface area contributed by atoms with E-state index in [1.54, 1.807) is 6.07 Å². The van der Waals surface area contributed by atoms with Crippen LogP contribution in [0.5, 0.6) is 5.75 Å². The van der Waals surface area contributed by atoms with Gasteiger partial charge in [-0.3, -0.25) is 9.59 Å². The molecule has 2 aromatic rings. The standard InChI is InChI=1S/C18H18ClN3O3/c1-11-3-5-15(7-12(11)2)21-17(24)9-18(25)22-20-10-13-8-14(19)4-6-16(13)23/h3-8,10,23H,9H2,1-2H3,(H,21,24)(H,22,25)/b20-10+. The number of hydrazone groups is 1. The molecule has 0 aromatic heterocycles. The van der Waals surface area contributed by atoms with Gasteiger partial charge in [-0.05, 0) is 55.3 Å². The summed E-state index contributed by atoms with van der Waals surface area (Å²) >= 11 is 5.81. The van der Waals surface area contributed by atoms with Crippen LogP contribution in [-0.2, 0) is 9.59 Å². The van der Waals surface area contributed by atoms with Crippen LogP contribution >= 0.6 is 11.6 Å². The quantitative estimate of drug-likeness (QED) is 0.435. The molecule has 25 heavy (non-hydrogen) atoms. The second-order valence-corrected chi connectivity index (χ2v) is 5.96. The number of phenolic OH excluding ortho intramolecular Hbond substituents is 1. The number of nitrogens with one attached hydrogen (secondary N) is 2. The summed E-state index contributed by atoms with van der Waals surface area (Å²) in [6.07, 6.45) is 0.881. The first-order chi connectivity index (χ1) is 11.8. The Morgan fingerprint density at radius 2 is 1.88 bits per heavy atom. The molecule has 0 saturated heterocycles. The van der Waals surface area contributed by atoms with Gasteiger partial charge in [-0.1, -0.05) is 17.7 Å². The van der Waals surface area contributed by atoms with Gasteiger partial charge >= 0.3 is 0 Å². The van der Waals surface area contributed by atoms with E-state index < -0.39 is 11.8 Å². The Morgan fingerprint density at radius 1 is 1.12 bits per heavy atom. The van der Waals surface area contributed by atoms with Crippen molar-refractivity contribution in [2.24, 2.45) is 5.10 Å². The lowest BCUT2D eigenvalue weighted by molar-refractivity contribution is -0.126.